The number of Topliss-reactive ketones (excluding diaryl/α,β-unsaturated/α-hetero) is 1. The van der Waals surface area contributed by atoms with Gasteiger partial charge >= 0.3 is 12.1 Å². The molecule has 0 unspecified atom stereocenters. The van der Waals surface area contributed by atoms with E-state index in [4.69, 9.17) is 0 Å². The van der Waals surface area contributed by atoms with Crippen molar-refractivity contribution in [2.45, 2.75) is 13.8 Å². The van der Waals surface area contributed by atoms with Crippen molar-refractivity contribution in [2.75, 3.05) is 6.61 Å². The Hall–Kier alpha value is -1.39. The fourth-order valence-corrected chi connectivity index (χ4v) is 0.295. The largest absolute Gasteiger partial charge is 0.516 e. The summed E-state index contributed by atoms with van der Waals surface area (Å²) in [6.07, 6.45) is -1.15. The molecule has 0 saturated heterocycles. The van der Waals surface area contributed by atoms with Gasteiger partial charge in [0.25, 0.3) is 0 Å². The molecule has 0 N–H and O–H groups in total. The van der Waals surface area contributed by atoms with Gasteiger partial charge in [0.2, 0.25) is 5.78 Å². The Bertz CT molecular complexity index is 183. The average molecular weight is 160 g/mol. The summed E-state index contributed by atoms with van der Waals surface area (Å²) in [6, 6.07) is 0. The molecule has 0 aliphatic heterocycles. The number of ketones is 1. The number of rotatable bonds is 2. The predicted octanol–water partition coefficient (Wildman–Crippen LogP) is 0.275. The van der Waals surface area contributed by atoms with E-state index in [-0.39, 0.29) is 6.61 Å². The van der Waals surface area contributed by atoms with Gasteiger partial charge in [-0.1, -0.05) is 0 Å². The third-order valence-corrected chi connectivity index (χ3v) is 0.726. The molecule has 0 aromatic carbocycles. The first-order valence-corrected chi connectivity index (χ1v) is 2.97. The van der Waals surface area contributed by atoms with Gasteiger partial charge < -0.3 is 9.47 Å². The number of ether oxygens (including phenoxy) is 2. The lowest BCUT2D eigenvalue weighted by molar-refractivity contribution is -0.150. The number of hydrogen-bond acceptors (Lipinski definition) is 5. The maximum Gasteiger partial charge on any atom is 0.516 e. The van der Waals surface area contributed by atoms with Crippen molar-refractivity contribution in [3.8, 4) is 0 Å². The molecule has 5 heteroatoms. The van der Waals surface area contributed by atoms with Crippen molar-refractivity contribution >= 4 is 17.9 Å². The third kappa shape index (κ3) is 4.07. The summed E-state index contributed by atoms with van der Waals surface area (Å²) in [5, 5.41) is 0. The zero-order chi connectivity index (χ0) is 8.85. The van der Waals surface area contributed by atoms with E-state index in [0.717, 1.165) is 6.92 Å². The molecular formula is C6H8O5. The molecule has 0 rings (SSSR count). The van der Waals surface area contributed by atoms with Crippen LogP contribution in [-0.2, 0) is 19.1 Å². The molecular weight excluding hydrogens is 152 g/mol. The van der Waals surface area contributed by atoms with E-state index < -0.39 is 17.9 Å². The molecule has 0 aliphatic carbocycles. The Labute approximate surface area is 63.3 Å². The molecule has 0 aromatic heterocycles. The van der Waals surface area contributed by atoms with Gasteiger partial charge in [-0.25, -0.2) is 9.59 Å². The van der Waals surface area contributed by atoms with Crippen LogP contribution in [0.15, 0.2) is 0 Å². The van der Waals surface area contributed by atoms with E-state index in [1.165, 1.54) is 0 Å². The van der Waals surface area contributed by atoms with E-state index in [9.17, 15) is 14.4 Å². The van der Waals surface area contributed by atoms with Gasteiger partial charge in [-0.3, -0.25) is 4.79 Å². The van der Waals surface area contributed by atoms with E-state index in [0.29, 0.717) is 0 Å². The molecule has 0 fully saturated rings. The molecule has 0 amide bonds. The molecule has 62 valence electrons. The molecule has 0 aromatic rings. The van der Waals surface area contributed by atoms with Crippen LogP contribution >= 0.6 is 0 Å². The van der Waals surface area contributed by atoms with E-state index in [2.05, 4.69) is 9.47 Å². The fraction of sp³-hybridized carbons (Fsp3) is 0.500. The van der Waals surface area contributed by atoms with Gasteiger partial charge in [0.05, 0.1) is 6.61 Å². The van der Waals surface area contributed by atoms with Gasteiger partial charge in [-0.2, -0.15) is 0 Å². The van der Waals surface area contributed by atoms with Crippen LogP contribution in [0.1, 0.15) is 13.8 Å². The Kier molecular flexibility index (Phi) is 3.87. The van der Waals surface area contributed by atoms with Crippen molar-refractivity contribution in [3.05, 3.63) is 0 Å². The highest BCUT2D eigenvalue weighted by molar-refractivity contribution is 6.33. The van der Waals surface area contributed by atoms with E-state index in [1.54, 1.807) is 6.92 Å². The average Bonchev–Trinajstić information content (AvgIpc) is 1.87. The van der Waals surface area contributed by atoms with E-state index in [1.807, 2.05) is 0 Å². The second-order valence-corrected chi connectivity index (χ2v) is 1.63. The fourth-order valence-electron chi connectivity index (χ4n) is 0.295. The minimum atomic E-state index is -1.21. The standard InChI is InChI=1S/C6H8O5/c1-3-10-6(9)11-5(8)4(2)7/h3H2,1-2H3. The highest BCUT2D eigenvalue weighted by atomic mass is 16.7. The highest BCUT2D eigenvalue weighted by Gasteiger charge is 2.14. The number of hydrogen-bond donors (Lipinski definition) is 0. The maximum atomic E-state index is 10.4. The van der Waals surface area contributed by atoms with Crippen LogP contribution in [-0.4, -0.2) is 24.5 Å². The molecule has 11 heavy (non-hydrogen) atoms. The molecule has 0 heterocycles. The highest BCUT2D eigenvalue weighted by Crippen LogP contribution is 1.86. The number of esters is 1. The lowest BCUT2D eigenvalue weighted by Gasteiger charge is -1.98. The molecule has 0 spiro atoms. The summed E-state index contributed by atoms with van der Waals surface area (Å²) >= 11 is 0. The smallest absolute Gasteiger partial charge is 0.434 e. The Morgan fingerprint density at radius 1 is 1.27 bits per heavy atom. The SMILES string of the molecule is CCOC(=O)OC(=O)C(C)=O. The van der Waals surface area contributed by atoms with Gasteiger partial charge in [0.15, 0.2) is 0 Å². The first kappa shape index (κ1) is 9.61. The molecule has 0 bridgehead atoms. The van der Waals surface area contributed by atoms with Crippen LogP contribution < -0.4 is 0 Å². The maximum absolute atomic E-state index is 10.4. The molecule has 0 atom stereocenters. The monoisotopic (exact) mass is 160 g/mol. The van der Waals surface area contributed by atoms with Crippen molar-refractivity contribution in [1.29, 1.82) is 0 Å². The second-order valence-electron chi connectivity index (χ2n) is 1.63. The van der Waals surface area contributed by atoms with Crippen LogP contribution in [0.2, 0.25) is 0 Å². The molecule has 5 nitrogen and oxygen atoms in total. The van der Waals surface area contributed by atoms with Gasteiger partial charge in [-0.15, -0.1) is 0 Å². The van der Waals surface area contributed by atoms with Crippen molar-refractivity contribution in [1.82, 2.24) is 0 Å². The quantitative estimate of drug-likeness (QED) is 0.329. The Morgan fingerprint density at radius 2 is 1.82 bits per heavy atom. The Balaban J connectivity index is 3.76. The summed E-state index contributed by atoms with van der Waals surface area (Å²) in [5.74, 6) is -2.04. The van der Waals surface area contributed by atoms with Crippen LogP contribution in [0.25, 0.3) is 0 Å². The lowest BCUT2D eigenvalue weighted by atomic mass is 10.5. The molecule has 0 radical (unpaired) electrons. The van der Waals surface area contributed by atoms with E-state index >= 15 is 0 Å². The van der Waals surface area contributed by atoms with Gasteiger partial charge in [-0.05, 0) is 6.92 Å². The second kappa shape index (κ2) is 4.43. The minimum Gasteiger partial charge on any atom is -0.434 e. The van der Waals surface area contributed by atoms with Crippen LogP contribution in [0, 0.1) is 0 Å². The Morgan fingerprint density at radius 3 is 2.18 bits per heavy atom. The summed E-state index contributed by atoms with van der Waals surface area (Å²) in [4.78, 5) is 30.9. The summed E-state index contributed by atoms with van der Waals surface area (Å²) in [6.45, 7) is 2.66. The minimum absolute atomic E-state index is 0.101. The van der Waals surface area contributed by atoms with Gasteiger partial charge in [0, 0.05) is 6.92 Å². The van der Waals surface area contributed by atoms with Crippen molar-refractivity contribution in [2.24, 2.45) is 0 Å². The number of carbonyl (C=O) groups is 3. The summed E-state index contributed by atoms with van der Waals surface area (Å²) < 4.78 is 8.13. The summed E-state index contributed by atoms with van der Waals surface area (Å²) in [5.41, 5.74) is 0. The van der Waals surface area contributed by atoms with Crippen LogP contribution in [0.4, 0.5) is 4.79 Å². The zero-order valence-electron chi connectivity index (χ0n) is 6.25. The van der Waals surface area contributed by atoms with Crippen LogP contribution in [0.3, 0.4) is 0 Å². The molecule has 0 saturated carbocycles. The zero-order valence-corrected chi connectivity index (χ0v) is 6.25. The normalized spacial score (nSPS) is 8.55. The predicted molar refractivity (Wildman–Crippen MR) is 33.8 cm³/mol. The first-order valence-electron chi connectivity index (χ1n) is 2.97. The van der Waals surface area contributed by atoms with Crippen molar-refractivity contribution < 1.29 is 23.9 Å². The van der Waals surface area contributed by atoms with Crippen LogP contribution in [0.5, 0.6) is 0 Å². The first-order chi connectivity index (χ1) is 5.07. The number of carbonyl (C=O) groups excluding carboxylic acids is 3. The molecule has 0 aliphatic rings. The summed E-state index contributed by atoms with van der Waals surface area (Å²) in [7, 11) is 0. The van der Waals surface area contributed by atoms with Crippen molar-refractivity contribution in [3.63, 3.8) is 0 Å². The lowest BCUT2D eigenvalue weighted by Crippen LogP contribution is -2.19. The van der Waals surface area contributed by atoms with Gasteiger partial charge in [0.1, 0.15) is 0 Å². The topological polar surface area (TPSA) is 69.7 Å². The third-order valence-electron chi connectivity index (χ3n) is 0.726.